The highest BCUT2D eigenvalue weighted by molar-refractivity contribution is 7.89. The first-order valence-electron chi connectivity index (χ1n) is 8.86. The van der Waals surface area contributed by atoms with E-state index in [2.05, 4.69) is 41.2 Å². The highest BCUT2D eigenvalue weighted by Crippen LogP contribution is 2.36. The Morgan fingerprint density at radius 2 is 1.85 bits per heavy atom. The van der Waals surface area contributed by atoms with Gasteiger partial charge in [0, 0.05) is 37.2 Å². The Morgan fingerprint density at radius 3 is 2.50 bits per heavy atom. The summed E-state index contributed by atoms with van der Waals surface area (Å²) < 4.78 is 34.7. The smallest absolute Gasteiger partial charge is 0.248 e. The maximum absolute atomic E-state index is 13.0. The zero-order chi connectivity index (χ0) is 18.5. The Bertz CT molecular complexity index is 1040. The second kappa shape index (κ2) is 6.25. The standard InChI is InChI=1S/C19H23N3O3S/c1-13-19(14(2)25-20-13)26(23,24)22-10-8-15(9-11-22)17-12-21(3)18-7-5-4-6-16(17)18/h4-7,12,15H,8-11H2,1-3H3. The van der Waals surface area contributed by atoms with Crippen molar-refractivity contribution in [2.75, 3.05) is 13.1 Å². The molecule has 26 heavy (non-hydrogen) atoms. The fourth-order valence-corrected chi connectivity index (χ4v) is 5.84. The molecular weight excluding hydrogens is 350 g/mol. The lowest BCUT2D eigenvalue weighted by molar-refractivity contribution is 0.319. The molecule has 1 aromatic carbocycles. The number of sulfonamides is 1. The quantitative estimate of drug-likeness (QED) is 0.706. The van der Waals surface area contributed by atoms with Gasteiger partial charge >= 0.3 is 0 Å². The Morgan fingerprint density at radius 1 is 1.15 bits per heavy atom. The molecule has 6 nitrogen and oxygen atoms in total. The molecule has 1 aliphatic rings. The number of hydrogen-bond donors (Lipinski definition) is 0. The van der Waals surface area contributed by atoms with Crippen molar-refractivity contribution in [1.29, 1.82) is 0 Å². The van der Waals surface area contributed by atoms with Crippen LogP contribution in [0, 0.1) is 13.8 Å². The van der Waals surface area contributed by atoms with Gasteiger partial charge in [-0.2, -0.15) is 4.31 Å². The molecule has 1 aliphatic heterocycles. The molecule has 1 fully saturated rings. The van der Waals surface area contributed by atoms with Crippen molar-refractivity contribution in [3.63, 3.8) is 0 Å². The van der Waals surface area contributed by atoms with Gasteiger partial charge in [-0.15, -0.1) is 0 Å². The Balaban J connectivity index is 1.58. The maximum atomic E-state index is 13.0. The van der Waals surface area contributed by atoms with Crippen LogP contribution in [0.5, 0.6) is 0 Å². The van der Waals surface area contributed by atoms with Gasteiger partial charge in [0.05, 0.1) is 0 Å². The fraction of sp³-hybridized carbons (Fsp3) is 0.421. The molecule has 0 aliphatic carbocycles. The Hall–Kier alpha value is -2.12. The van der Waals surface area contributed by atoms with Gasteiger partial charge in [-0.3, -0.25) is 0 Å². The van der Waals surface area contributed by atoms with E-state index in [0.29, 0.717) is 30.5 Å². The van der Waals surface area contributed by atoms with Crippen molar-refractivity contribution in [3.8, 4) is 0 Å². The molecule has 3 aromatic rings. The van der Waals surface area contributed by atoms with Gasteiger partial charge in [-0.25, -0.2) is 8.42 Å². The molecule has 0 amide bonds. The summed E-state index contributed by atoms with van der Waals surface area (Å²) >= 11 is 0. The maximum Gasteiger partial charge on any atom is 0.248 e. The van der Waals surface area contributed by atoms with Crippen LogP contribution in [-0.4, -0.2) is 35.5 Å². The lowest BCUT2D eigenvalue weighted by Crippen LogP contribution is -2.38. The zero-order valence-electron chi connectivity index (χ0n) is 15.3. The van der Waals surface area contributed by atoms with Crippen LogP contribution < -0.4 is 0 Å². The summed E-state index contributed by atoms with van der Waals surface area (Å²) in [5, 5.41) is 5.06. The average molecular weight is 373 g/mol. The van der Waals surface area contributed by atoms with Crippen molar-refractivity contribution in [3.05, 3.63) is 47.5 Å². The van der Waals surface area contributed by atoms with E-state index in [1.165, 1.54) is 16.5 Å². The van der Waals surface area contributed by atoms with Crippen LogP contribution in [0.15, 0.2) is 39.9 Å². The molecule has 7 heteroatoms. The number of fused-ring (bicyclic) bond motifs is 1. The molecule has 1 saturated heterocycles. The lowest BCUT2D eigenvalue weighted by Gasteiger charge is -2.31. The molecule has 0 saturated carbocycles. The molecule has 0 spiro atoms. The molecule has 4 rings (SSSR count). The number of aromatic nitrogens is 2. The predicted molar refractivity (Wildman–Crippen MR) is 99.6 cm³/mol. The average Bonchev–Trinajstić information content (AvgIpc) is 3.15. The van der Waals surface area contributed by atoms with E-state index < -0.39 is 10.0 Å². The summed E-state index contributed by atoms with van der Waals surface area (Å²) in [6, 6.07) is 8.38. The monoisotopic (exact) mass is 373 g/mol. The van der Waals surface area contributed by atoms with Crippen molar-refractivity contribution in [2.45, 2.75) is 37.5 Å². The van der Waals surface area contributed by atoms with E-state index in [0.717, 1.165) is 12.8 Å². The normalized spacial score (nSPS) is 17.2. The summed E-state index contributed by atoms with van der Waals surface area (Å²) in [7, 11) is -1.49. The fourth-order valence-electron chi connectivity index (χ4n) is 4.08. The largest absolute Gasteiger partial charge is 0.360 e. The third kappa shape index (κ3) is 2.66. The molecule has 0 bridgehead atoms. The van der Waals surface area contributed by atoms with Gasteiger partial charge < -0.3 is 9.09 Å². The number of para-hydroxylation sites is 1. The summed E-state index contributed by atoms with van der Waals surface area (Å²) in [5.74, 6) is 0.732. The first-order chi connectivity index (χ1) is 12.4. The van der Waals surface area contributed by atoms with Gasteiger partial charge in [0.15, 0.2) is 5.76 Å². The number of nitrogens with zero attached hydrogens (tertiary/aromatic N) is 3. The molecule has 3 heterocycles. The van der Waals surface area contributed by atoms with Gasteiger partial charge in [0.2, 0.25) is 10.0 Å². The predicted octanol–water partition coefficient (Wildman–Crippen LogP) is 3.35. The van der Waals surface area contributed by atoms with Crippen molar-refractivity contribution >= 4 is 20.9 Å². The highest BCUT2D eigenvalue weighted by Gasteiger charge is 2.34. The SMILES string of the molecule is Cc1noc(C)c1S(=O)(=O)N1CCC(c2cn(C)c3ccccc23)CC1. The summed E-state index contributed by atoms with van der Waals surface area (Å²) in [4.78, 5) is 0.223. The zero-order valence-corrected chi connectivity index (χ0v) is 16.1. The molecule has 0 unspecified atom stereocenters. The third-order valence-electron chi connectivity index (χ3n) is 5.39. The topological polar surface area (TPSA) is 68.3 Å². The minimum atomic E-state index is -3.55. The van der Waals surface area contributed by atoms with Gasteiger partial charge in [0.1, 0.15) is 10.6 Å². The van der Waals surface area contributed by atoms with E-state index in [4.69, 9.17) is 4.52 Å². The Kier molecular flexibility index (Phi) is 4.16. The second-order valence-corrected chi connectivity index (χ2v) is 8.92. The van der Waals surface area contributed by atoms with E-state index in [1.807, 2.05) is 6.07 Å². The number of rotatable bonds is 3. The van der Waals surface area contributed by atoms with E-state index in [9.17, 15) is 8.42 Å². The third-order valence-corrected chi connectivity index (χ3v) is 7.53. The van der Waals surface area contributed by atoms with Crippen LogP contribution in [0.25, 0.3) is 10.9 Å². The van der Waals surface area contributed by atoms with Crippen molar-refractivity contribution in [2.24, 2.45) is 7.05 Å². The molecule has 0 N–H and O–H groups in total. The van der Waals surface area contributed by atoms with Crippen molar-refractivity contribution in [1.82, 2.24) is 14.0 Å². The summed E-state index contributed by atoms with van der Waals surface area (Å²) in [5.41, 5.74) is 2.96. The second-order valence-electron chi connectivity index (χ2n) is 7.04. The minimum absolute atomic E-state index is 0.223. The summed E-state index contributed by atoms with van der Waals surface area (Å²) in [6.45, 7) is 4.35. The first-order valence-corrected chi connectivity index (χ1v) is 10.3. The van der Waals surface area contributed by atoms with Crippen LogP contribution in [0.2, 0.25) is 0 Å². The van der Waals surface area contributed by atoms with E-state index >= 15 is 0 Å². The molecule has 0 atom stereocenters. The van der Waals surface area contributed by atoms with Crippen LogP contribution in [0.1, 0.15) is 35.8 Å². The Labute approximate surface area is 153 Å². The van der Waals surface area contributed by atoms with Crippen LogP contribution in [-0.2, 0) is 17.1 Å². The molecular formula is C19H23N3O3S. The van der Waals surface area contributed by atoms with Gasteiger partial charge in [0.25, 0.3) is 0 Å². The number of hydrogen-bond acceptors (Lipinski definition) is 4. The highest BCUT2D eigenvalue weighted by atomic mass is 32.2. The van der Waals surface area contributed by atoms with Crippen molar-refractivity contribution < 1.29 is 12.9 Å². The number of aryl methyl sites for hydroxylation is 3. The van der Waals surface area contributed by atoms with Gasteiger partial charge in [-0.05, 0) is 44.2 Å². The van der Waals surface area contributed by atoms with Gasteiger partial charge in [-0.1, -0.05) is 23.4 Å². The number of benzene rings is 1. The molecule has 0 radical (unpaired) electrons. The minimum Gasteiger partial charge on any atom is -0.360 e. The lowest BCUT2D eigenvalue weighted by atomic mass is 9.90. The van der Waals surface area contributed by atoms with E-state index in [-0.39, 0.29) is 4.90 Å². The van der Waals surface area contributed by atoms with Crippen LogP contribution >= 0.6 is 0 Å². The van der Waals surface area contributed by atoms with Crippen LogP contribution in [0.3, 0.4) is 0 Å². The molecule has 138 valence electrons. The number of piperidine rings is 1. The first kappa shape index (κ1) is 17.3. The molecule has 2 aromatic heterocycles. The van der Waals surface area contributed by atoms with Crippen LogP contribution in [0.4, 0.5) is 0 Å². The summed E-state index contributed by atoms with van der Waals surface area (Å²) in [6.07, 6.45) is 3.82. The van der Waals surface area contributed by atoms with E-state index in [1.54, 1.807) is 18.2 Å².